The van der Waals surface area contributed by atoms with E-state index in [0.29, 0.717) is 29.0 Å². The number of esters is 2. The van der Waals surface area contributed by atoms with Crippen LogP contribution in [-0.2, 0) is 14.3 Å². The molecular weight excluding hydrogens is 420 g/mol. The van der Waals surface area contributed by atoms with Gasteiger partial charge in [0.25, 0.3) is 5.91 Å². The lowest BCUT2D eigenvalue weighted by Crippen LogP contribution is -2.42. The van der Waals surface area contributed by atoms with Crippen LogP contribution in [0.1, 0.15) is 48.9 Å². The molecular formula is C22H26N2O6S. The first-order valence-electron chi connectivity index (χ1n) is 9.62. The van der Waals surface area contributed by atoms with E-state index >= 15 is 0 Å². The van der Waals surface area contributed by atoms with Crippen LogP contribution in [0, 0.1) is 13.8 Å². The van der Waals surface area contributed by atoms with E-state index in [2.05, 4.69) is 10.3 Å². The largest absolute Gasteiger partial charge is 0.465 e. The molecule has 0 aliphatic rings. The Morgan fingerprint density at radius 1 is 1.13 bits per heavy atom. The second-order valence-corrected chi connectivity index (χ2v) is 7.81. The first kappa shape index (κ1) is 24.2. The van der Waals surface area contributed by atoms with Gasteiger partial charge in [-0.3, -0.25) is 9.59 Å². The van der Waals surface area contributed by atoms with Gasteiger partial charge >= 0.3 is 11.9 Å². The number of amides is 1. The molecule has 31 heavy (non-hydrogen) atoms. The van der Waals surface area contributed by atoms with Crippen molar-refractivity contribution < 1.29 is 28.7 Å². The van der Waals surface area contributed by atoms with Crippen molar-refractivity contribution in [3.05, 3.63) is 58.4 Å². The average molecular weight is 447 g/mol. The summed E-state index contributed by atoms with van der Waals surface area (Å²) in [7, 11) is 1.26. The minimum atomic E-state index is -0.884. The van der Waals surface area contributed by atoms with Crippen molar-refractivity contribution in [3.63, 3.8) is 0 Å². The van der Waals surface area contributed by atoms with Crippen LogP contribution < -0.4 is 5.32 Å². The number of hydrogen-bond acceptors (Lipinski definition) is 7. The SMILES string of the molecule is COC(=O)c1c(C)[nH]c(C(=O)COC(=O)C(CCSC)NC(=O)c2ccccc2)c1C. The molecule has 166 valence electrons. The van der Waals surface area contributed by atoms with Gasteiger partial charge in [-0.2, -0.15) is 11.8 Å². The number of aromatic amines is 1. The van der Waals surface area contributed by atoms with Crippen LogP contribution in [0.2, 0.25) is 0 Å². The number of ketones is 1. The van der Waals surface area contributed by atoms with Crippen molar-refractivity contribution in [2.24, 2.45) is 0 Å². The Bertz CT molecular complexity index is 954. The van der Waals surface area contributed by atoms with Crippen molar-refractivity contribution >= 4 is 35.4 Å². The Hall–Kier alpha value is -3.07. The lowest BCUT2D eigenvalue weighted by molar-refractivity contribution is -0.144. The molecule has 0 saturated heterocycles. The van der Waals surface area contributed by atoms with Gasteiger partial charge in [0.15, 0.2) is 6.61 Å². The summed E-state index contributed by atoms with van der Waals surface area (Å²) in [6, 6.07) is 7.65. The fourth-order valence-electron chi connectivity index (χ4n) is 3.06. The third-order valence-corrected chi connectivity index (χ3v) is 5.33. The van der Waals surface area contributed by atoms with Gasteiger partial charge in [-0.1, -0.05) is 18.2 Å². The monoisotopic (exact) mass is 446 g/mol. The normalized spacial score (nSPS) is 11.5. The summed E-state index contributed by atoms with van der Waals surface area (Å²) in [5.41, 5.74) is 1.81. The number of ether oxygens (including phenoxy) is 2. The minimum absolute atomic E-state index is 0.180. The lowest BCUT2D eigenvalue weighted by Gasteiger charge is -2.17. The highest BCUT2D eigenvalue weighted by molar-refractivity contribution is 7.98. The zero-order valence-electron chi connectivity index (χ0n) is 17.9. The Labute approximate surface area is 185 Å². The molecule has 1 atom stereocenters. The van der Waals surface area contributed by atoms with Crippen molar-refractivity contribution in [1.29, 1.82) is 0 Å². The first-order chi connectivity index (χ1) is 14.8. The van der Waals surface area contributed by atoms with Crippen molar-refractivity contribution in [3.8, 4) is 0 Å². The van der Waals surface area contributed by atoms with E-state index in [0.717, 1.165) is 0 Å². The predicted molar refractivity (Wildman–Crippen MR) is 118 cm³/mol. The Balaban J connectivity index is 2.06. The van der Waals surface area contributed by atoms with E-state index in [-0.39, 0.29) is 11.3 Å². The molecule has 0 bridgehead atoms. The van der Waals surface area contributed by atoms with E-state index in [9.17, 15) is 19.2 Å². The number of rotatable bonds is 10. The highest BCUT2D eigenvalue weighted by atomic mass is 32.2. The van der Waals surface area contributed by atoms with Crippen LogP contribution in [0.3, 0.4) is 0 Å². The molecule has 1 unspecified atom stereocenters. The summed E-state index contributed by atoms with van der Waals surface area (Å²) in [5, 5.41) is 2.67. The highest BCUT2D eigenvalue weighted by Crippen LogP contribution is 2.19. The fraction of sp³-hybridized carbons (Fsp3) is 0.364. The van der Waals surface area contributed by atoms with Gasteiger partial charge < -0.3 is 19.8 Å². The van der Waals surface area contributed by atoms with E-state index in [1.807, 2.05) is 6.26 Å². The number of aromatic nitrogens is 1. The van der Waals surface area contributed by atoms with Crippen LogP contribution in [0.5, 0.6) is 0 Å². The number of benzene rings is 1. The molecule has 9 heteroatoms. The van der Waals surface area contributed by atoms with Crippen molar-refractivity contribution in [1.82, 2.24) is 10.3 Å². The van der Waals surface area contributed by atoms with Crippen LogP contribution in [0.4, 0.5) is 0 Å². The molecule has 2 rings (SSSR count). The number of Topliss-reactive ketones (excluding diaryl/α,β-unsaturated/α-hetero) is 1. The van der Waals surface area contributed by atoms with Crippen LogP contribution >= 0.6 is 11.8 Å². The average Bonchev–Trinajstić information content (AvgIpc) is 3.08. The van der Waals surface area contributed by atoms with Gasteiger partial charge in [-0.15, -0.1) is 0 Å². The topological polar surface area (TPSA) is 115 Å². The van der Waals surface area contributed by atoms with E-state index < -0.39 is 36.3 Å². The number of thioether (sulfide) groups is 1. The smallest absolute Gasteiger partial charge is 0.339 e. The number of methoxy groups -OCH3 is 1. The number of aryl methyl sites for hydroxylation is 1. The molecule has 0 fully saturated rings. The minimum Gasteiger partial charge on any atom is -0.465 e. The number of carbonyl (C=O) groups is 4. The number of nitrogens with one attached hydrogen (secondary N) is 2. The van der Waals surface area contributed by atoms with E-state index in [1.165, 1.54) is 18.9 Å². The third-order valence-electron chi connectivity index (χ3n) is 4.69. The maximum Gasteiger partial charge on any atom is 0.339 e. The molecule has 0 spiro atoms. The molecule has 1 aromatic carbocycles. The molecule has 0 saturated carbocycles. The van der Waals surface area contributed by atoms with Crippen LogP contribution in [0.15, 0.2) is 30.3 Å². The number of carbonyl (C=O) groups excluding carboxylic acids is 4. The number of hydrogen-bond donors (Lipinski definition) is 2. The predicted octanol–water partition coefficient (Wildman–Crippen LogP) is 2.70. The molecule has 0 aliphatic heterocycles. The Kier molecular flexibility index (Phi) is 8.87. The standard InChI is InChI=1S/C22H26N2O6S/c1-13-18(22(28)29-3)14(2)23-19(13)17(25)12-30-21(27)16(10-11-31-4)24-20(26)15-8-6-5-7-9-15/h5-9,16,23H,10-12H2,1-4H3,(H,24,26). The van der Waals surface area contributed by atoms with Crippen LogP contribution in [-0.4, -0.2) is 60.4 Å². The summed E-state index contributed by atoms with van der Waals surface area (Å²) in [4.78, 5) is 52.3. The van der Waals surface area contributed by atoms with Crippen molar-refractivity contribution in [2.75, 3.05) is 25.7 Å². The quantitative estimate of drug-likeness (QED) is 0.426. The highest BCUT2D eigenvalue weighted by Gasteiger charge is 2.26. The summed E-state index contributed by atoms with van der Waals surface area (Å²) >= 11 is 1.53. The van der Waals surface area contributed by atoms with Gasteiger partial charge in [-0.25, -0.2) is 9.59 Å². The summed E-state index contributed by atoms with van der Waals surface area (Å²) < 4.78 is 9.93. The number of H-pyrrole nitrogens is 1. The molecule has 2 N–H and O–H groups in total. The van der Waals surface area contributed by atoms with Gasteiger partial charge in [0.05, 0.1) is 18.4 Å². The molecule has 1 aromatic heterocycles. The molecule has 2 aromatic rings. The van der Waals surface area contributed by atoms with E-state index in [1.54, 1.807) is 44.2 Å². The molecule has 0 radical (unpaired) electrons. The van der Waals surface area contributed by atoms with E-state index in [4.69, 9.17) is 9.47 Å². The molecule has 8 nitrogen and oxygen atoms in total. The fourth-order valence-corrected chi connectivity index (χ4v) is 3.53. The van der Waals surface area contributed by atoms with Crippen LogP contribution in [0.25, 0.3) is 0 Å². The second-order valence-electron chi connectivity index (χ2n) is 6.82. The maximum atomic E-state index is 12.6. The molecule has 0 aliphatic carbocycles. The lowest BCUT2D eigenvalue weighted by atomic mass is 10.1. The third kappa shape index (κ3) is 6.21. The Morgan fingerprint density at radius 2 is 1.81 bits per heavy atom. The van der Waals surface area contributed by atoms with Gasteiger partial charge in [0.1, 0.15) is 6.04 Å². The van der Waals surface area contributed by atoms with Gasteiger partial charge in [0, 0.05) is 11.3 Å². The van der Waals surface area contributed by atoms with Gasteiger partial charge in [-0.05, 0) is 50.0 Å². The molecule has 1 amide bonds. The Morgan fingerprint density at radius 3 is 2.42 bits per heavy atom. The first-order valence-corrected chi connectivity index (χ1v) is 11.0. The summed E-state index contributed by atoms with van der Waals surface area (Å²) in [6.45, 7) is 2.75. The maximum absolute atomic E-state index is 12.6. The summed E-state index contributed by atoms with van der Waals surface area (Å²) in [5.74, 6) is -1.50. The van der Waals surface area contributed by atoms with Crippen molar-refractivity contribution in [2.45, 2.75) is 26.3 Å². The summed E-state index contributed by atoms with van der Waals surface area (Å²) in [6.07, 6.45) is 2.25. The zero-order valence-corrected chi connectivity index (χ0v) is 18.8. The second kappa shape index (κ2) is 11.4. The van der Waals surface area contributed by atoms with Gasteiger partial charge in [0.2, 0.25) is 5.78 Å². The molecule has 1 heterocycles. The zero-order chi connectivity index (χ0) is 23.0.